The van der Waals surface area contributed by atoms with Crippen molar-refractivity contribution in [2.75, 3.05) is 19.7 Å². The quantitative estimate of drug-likeness (QED) is 0.143. The molecule has 0 saturated carbocycles. The Labute approximate surface area is 120 Å². The summed E-state index contributed by atoms with van der Waals surface area (Å²) in [7, 11) is 0. The molecule has 0 aliphatic heterocycles. The lowest BCUT2D eigenvalue weighted by atomic mass is 10.2. The third kappa shape index (κ3) is 6.14. The van der Waals surface area contributed by atoms with Gasteiger partial charge in [-0.25, -0.2) is 4.79 Å². The molecule has 0 aliphatic carbocycles. The van der Waals surface area contributed by atoms with Crippen LogP contribution in [0.25, 0.3) is 0 Å². The summed E-state index contributed by atoms with van der Waals surface area (Å²) in [4.78, 5) is 21.8. The summed E-state index contributed by atoms with van der Waals surface area (Å²) in [5.41, 5.74) is 10.8. The topological polar surface area (TPSA) is 152 Å². The molecule has 0 unspecified atom stereocenters. The van der Waals surface area contributed by atoms with Crippen LogP contribution in [-0.4, -0.2) is 42.7 Å². The minimum atomic E-state index is -0.647. The van der Waals surface area contributed by atoms with Crippen molar-refractivity contribution in [3.8, 4) is 5.75 Å². The first-order chi connectivity index (χ1) is 10.0. The van der Waals surface area contributed by atoms with Crippen LogP contribution < -0.4 is 26.8 Å². The molecule has 3 amide bonds. The predicted octanol–water partition coefficient (Wildman–Crippen LogP) is -1.06. The predicted molar refractivity (Wildman–Crippen MR) is 75.0 cm³/mol. The molecule has 0 spiro atoms. The lowest BCUT2D eigenvalue weighted by Gasteiger charge is -2.08. The van der Waals surface area contributed by atoms with Gasteiger partial charge in [0.1, 0.15) is 5.75 Å². The van der Waals surface area contributed by atoms with Gasteiger partial charge in [-0.15, -0.1) is 0 Å². The molecule has 0 heterocycles. The first-order valence-corrected chi connectivity index (χ1v) is 6.03. The van der Waals surface area contributed by atoms with Crippen LogP contribution in [0.4, 0.5) is 4.79 Å². The molecule has 1 aromatic carbocycles. The Bertz CT molecular complexity index is 515. The number of nitrogens with zero attached hydrogens (tertiary/aromatic N) is 1. The van der Waals surface area contributed by atoms with Crippen molar-refractivity contribution >= 4 is 17.8 Å². The molecule has 0 aliphatic rings. The van der Waals surface area contributed by atoms with E-state index in [4.69, 9.17) is 21.4 Å². The minimum Gasteiger partial charge on any atom is -0.484 e. The van der Waals surface area contributed by atoms with Crippen molar-refractivity contribution in [3.63, 3.8) is 0 Å². The van der Waals surface area contributed by atoms with Crippen LogP contribution in [0, 0.1) is 0 Å². The van der Waals surface area contributed by atoms with Gasteiger partial charge in [-0.05, 0) is 24.3 Å². The number of amidine groups is 1. The van der Waals surface area contributed by atoms with E-state index in [0.717, 1.165) is 0 Å². The molecule has 21 heavy (non-hydrogen) atoms. The third-order valence-corrected chi connectivity index (χ3v) is 2.37. The molecule has 0 saturated heterocycles. The van der Waals surface area contributed by atoms with Crippen LogP contribution >= 0.6 is 0 Å². The largest absolute Gasteiger partial charge is 0.484 e. The van der Waals surface area contributed by atoms with Crippen molar-refractivity contribution in [1.29, 1.82) is 0 Å². The standard InChI is InChI=1S/C12H17N5O4/c13-11(17-20)8-1-3-9(4-2-8)21-7-10(18)15-5-6-16-12(14)19/h1-4,20H,5-7H2,(H2,13,17)(H,15,18)(H3,14,16,19). The molecule has 0 aromatic heterocycles. The van der Waals surface area contributed by atoms with Crippen molar-refractivity contribution < 1.29 is 19.5 Å². The van der Waals surface area contributed by atoms with Gasteiger partial charge in [0.25, 0.3) is 5.91 Å². The molecular formula is C12H17N5O4. The summed E-state index contributed by atoms with van der Waals surface area (Å²) in [6, 6.07) is 5.73. The van der Waals surface area contributed by atoms with Gasteiger partial charge in [-0.1, -0.05) is 5.16 Å². The Morgan fingerprint density at radius 3 is 2.33 bits per heavy atom. The van der Waals surface area contributed by atoms with Gasteiger partial charge < -0.3 is 32.0 Å². The Balaban J connectivity index is 2.31. The van der Waals surface area contributed by atoms with Gasteiger partial charge in [0.15, 0.2) is 12.4 Å². The molecule has 1 aromatic rings. The highest BCUT2D eigenvalue weighted by Gasteiger charge is 2.03. The van der Waals surface area contributed by atoms with E-state index in [-0.39, 0.29) is 31.4 Å². The van der Waals surface area contributed by atoms with Crippen LogP contribution in [0.5, 0.6) is 5.75 Å². The van der Waals surface area contributed by atoms with E-state index in [9.17, 15) is 9.59 Å². The average molecular weight is 295 g/mol. The zero-order valence-corrected chi connectivity index (χ0v) is 11.2. The summed E-state index contributed by atoms with van der Waals surface area (Å²) < 4.78 is 5.25. The molecule has 9 heteroatoms. The SMILES string of the molecule is NC(=O)NCCNC(=O)COc1ccc(/C(N)=N/O)cc1. The van der Waals surface area contributed by atoms with Gasteiger partial charge in [0.05, 0.1) is 0 Å². The second-order valence-electron chi connectivity index (χ2n) is 3.94. The van der Waals surface area contributed by atoms with Gasteiger partial charge in [-0.2, -0.15) is 0 Å². The number of amides is 3. The lowest BCUT2D eigenvalue weighted by molar-refractivity contribution is -0.123. The first-order valence-electron chi connectivity index (χ1n) is 6.03. The van der Waals surface area contributed by atoms with Crippen LogP contribution in [0.2, 0.25) is 0 Å². The number of benzene rings is 1. The molecule has 1 rings (SSSR count). The van der Waals surface area contributed by atoms with Crippen molar-refractivity contribution in [1.82, 2.24) is 10.6 Å². The second-order valence-corrected chi connectivity index (χ2v) is 3.94. The zero-order chi connectivity index (χ0) is 15.7. The van der Waals surface area contributed by atoms with E-state index >= 15 is 0 Å². The monoisotopic (exact) mass is 295 g/mol. The number of nitrogens with one attached hydrogen (secondary N) is 2. The summed E-state index contributed by atoms with van der Waals surface area (Å²) in [5, 5.41) is 16.3. The number of ether oxygens (including phenoxy) is 1. The summed E-state index contributed by atoms with van der Waals surface area (Å²) in [6.45, 7) is 0.336. The number of carbonyl (C=O) groups is 2. The minimum absolute atomic E-state index is 0.0127. The average Bonchev–Trinajstić information content (AvgIpc) is 2.49. The summed E-state index contributed by atoms with van der Waals surface area (Å²) in [6.07, 6.45) is 0. The zero-order valence-electron chi connectivity index (χ0n) is 11.2. The Hall–Kier alpha value is -2.97. The highest BCUT2D eigenvalue weighted by atomic mass is 16.5. The summed E-state index contributed by atoms with van der Waals surface area (Å²) >= 11 is 0. The molecule has 0 atom stereocenters. The maximum atomic E-state index is 11.4. The number of hydrogen-bond acceptors (Lipinski definition) is 5. The number of nitrogens with two attached hydrogens (primary N) is 2. The normalized spacial score (nSPS) is 10.8. The number of oxime groups is 1. The fourth-order valence-corrected chi connectivity index (χ4v) is 1.37. The van der Waals surface area contributed by atoms with E-state index < -0.39 is 6.03 Å². The van der Waals surface area contributed by atoms with Crippen molar-refractivity contribution in [2.45, 2.75) is 0 Å². The molecule has 0 fully saturated rings. The maximum Gasteiger partial charge on any atom is 0.312 e. The maximum absolute atomic E-state index is 11.4. The van der Waals surface area contributed by atoms with Gasteiger partial charge in [0.2, 0.25) is 0 Å². The Morgan fingerprint density at radius 2 is 1.76 bits per heavy atom. The van der Waals surface area contributed by atoms with Crippen LogP contribution in [-0.2, 0) is 4.79 Å². The van der Waals surface area contributed by atoms with Crippen LogP contribution in [0.3, 0.4) is 0 Å². The molecule has 0 radical (unpaired) electrons. The first kappa shape index (κ1) is 16.1. The van der Waals surface area contributed by atoms with Gasteiger partial charge >= 0.3 is 6.03 Å². The molecule has 114 valence electrons. The van der Waals surface area contributed by atoms with E-state index in [0.29, 0.717) is 11.3 Å². The Morgan fingerprint density at radius 1 is 1.14 bits per heavy atom. The number of primary amides is 1. The number of urea groups is 1. The van der Waals surface area contributed by atoms with E-state index in [1.54, 1.807) is 24.3 Å². The highest BCUT2D eigenvalue weighted by Crippen LogP contribution is 2.11. The fraction of sp³-hybridized carbons (Fsp3) is 0.250. The molecule has 9 nitrogen and oxygen atoms in total. The fourth-order valence-electron chi connectivity index (χ4n) is 1.37. The Kier molecular flexibility index (Phi) is 6.32. The molecular weight excluding hydrogens is 278 g/mol. The van der Waals surface area contributed by atoms with Crippen LogP contribution in [0.15, 0.2) is 29.4 Å². The van der Waals surface area contributed by atoms with Crippen molar-refractivity contribution in [3.05, 3.63) is 29.8 Å². The second kappa shape index (κ2) is 8.25. The lowest BCUT2D eigenvalue weighted by Crippen LogP contribution is -2.38. The van der Waals surface area contributed by atoms with Crippen LogP contribution in [0.1, 0.15) is 5.56 Å². The molecule has 7 N–H and O–H groups in total. The number of carbonyl (C=O) groups excluding carboxylic acids is 2. The van der Waals surface area contributed by atoms with E-state index in [2.05, 4.69) is 15.8 Å². The number of hydrogen-bond donors (Lipinski definition) is 5. The van der Waals surface area contributed by atoms with Crippen molar-refractivity contribution in [2.24, 2.45) is 16.6 Å². The third-order valence-electron chi connectivity index (χ3n) is 2.37. The van der Waals surface area contributed by atoms with Gasteiger partial charge in [-0.3, -0.25) is 4.79 Å². The molecule has 0 bridgehead atoms. The smallest absolute Gasteiger partial charge is 0.312 e. The van der Waals surface area contributed by atoms with E-state index in [1.165, 1.54) is 0 Å². The number of rotatable bonds is 7. The highest BCUT2D eigenvalue weighted by molar-refractivity contribution is 5.97. The van der Waals surface area contributed by atoms with E-state index in [1.807, 2.05) is 0 Å². The van der Waals surface area contributed by atoms with Gasteiger partial charge in [0, 0.05) is 18.7 Å². The summed E-state index contributed by atoms with van der Waals surface area (Å²) in [5.74, 6) is 0.123.